The van der Waals surface area contributed by atoms with Crippen LogP contribution in [-0.4, -0.2) is 21.2 Å². The molecule has 0 saturated heterocycles. The first-order valence-electron chi connectivity index (χ1n) is 10.7. The first kappa shape index (κ1) is 24.7. The summed E-state index contributed by atoms with van der Waals surface area (Å²) >= 11 is 0.386. The van der Waals surface area contributed by atoms with E-state index < -0.39 is 0 Å². The van der Waals surface area contributed by atoms with Crippen molar-refractivity contribution in [3.63, 3.8) is 0 Å². The summed E-state index contributed by atoms with van der Waals surface area (Å²) < 4.78 is 0. The van der Waals surface area contributed by atoms with Gasteiger partial charge in [0, 0.05) is 0 Å². The van der Waals surface area contributed by atoms with Crippen LogP contribution in [0.3, 0.4) is 0 Å². The minimum atomic E-state index is 0. The molecular weight excluding hydrogens is 367 g/mol. The molecule has 0 spiro atoms. The maximum Gasteiger partial charge on any atom is -0.412 e. The van der Waals surface area contributed by atoms with E-state index in [0.717, 1.165) is 0 Å². The van der Waals surface area contributed by atoms with Crippen molar-refractivity contribution >= 4 is 15.8 Å². The van der Waals surface area contributed by atoms with Gasteiger partial charge in [0.2, 0.25) is 0 Å². The third kappa shape index (κ3) is 16.9. The van der Waals surface area contributed by atoms with Crippen molar-refractivity contribution in [1.29, 1.82) is 0 Å². The summed E-state index contributed by atoms with van der Waals surface area (Å²) in [4.78, 5) is 0. The first-order valence-corrected chi connectivity index (χ1v) is 13.6. The SMILES string of the molecule is CCCCCCCCCCCC[AsH]CCCCCc1ccccc1.O. The number of hydrogen-bond donors (Lipinski definition) is 0. The van der Waals surface area contributed by atoms with Gasteiger partial charge in [0.05, 0.1) is 0 Å². The Hall–Kier alpha value is -0.262. The molecule has 0 saturated carbocycles. The van der Waals surface area contributed by atoms with Crippen LogP contribution in [0.4, 0.5) is 0 Å². The summed E-state index contributed by atoms with van der Waals surface area (Å²) in [6.07, 6.45) is 20.3. The molecule has 0 aromatic heterocycles. The molecule has 0 heterocycles. The van der Waals surface area contributed by atoms with Gasteiger partial charge in [-0.05, 0) is 0 Å². The molecule has 1 atom stereocenters. The van der Waals surface area contributed by atoms with Crippen molar-refractivity contribution in [2.24, 2.45) is 0 Å². The van der Waals surface area contributed by atoms with Crippen molar-refractivity contribution in [1.82, 2.24) is 0 Å². The summed E-state index contributed by atoms with van der Waals surface area (Å²) in [6.45, 7) is 2.30. The van der Waals surface area contributed by atoms with Crippen LogP contribution in [-0.2, 0) is 6.42 Å². The standard InChI is InChI=1S/C23H41As.H2O/c1-2-3-4-5-6-7-8-9-10-16-21-24-22-17-12-15-20-23-18-13-11-14-19-23;/h11,13-14,18-19,24H,2-10,12,15-17,20-22H2,1H3;1H2. The molecule has 1 unspecified atom stereocenters. The quantitative estimate of drug-likeness (QED) is 0.200. The van der Waals surface area contributed by atoms with Crippen LogP contribution >= 0.6 is 0 Å². The Morgan fingerprint density at radius 2 is 1.08 bits per heavy atom. The van der Waals surface area contributed by atoms with Crippen molar-refractivity contribution in [2.45, 2.75) is 107 Å². The maximum absolute atomic E-state index is 2.30. The van der Waals surface area contributed by atoms with Gasteiger partial charge in [0.1, 0.15) is 0 Å². The van der Waals surface area contributed by atoms with Gasteiger partial charge >= 0.3 is 159 Å². The third-order valence-electron chi connectivity index (χ3n) is 4.87. The van der Waals surface area contributed by atoms with E-state index in [1.807, 2.05) is 0 Å². The summed E-state index contributed by atoms with van der Waals surface area (Å²) in [7, 11) is 0. The van der Waals surface area contributed by atoms with Crippen LogP contribution in [0, 0.1) is 0 Å². The molecule has 2 N–H and O–H groups in total. The first-order chi connectivity index (χ1) is 11.9. The number of aryl methyl sites for hydroxylation is 1. The fraction of sp³-hybridized carbons (Fsp3) is 0.739. The zero-order valence-electron chi connectivity index (χ0n) is 16.7. The molecule has 2 heteroatoms. The summed E-state index contributed by atoms with van der Waals surface area (Å²) in [5.74, 6) is 0. The molecule has 25 heavy (non-hydrogen) atoms. The summed E-state index contributed by atoms with van der Waals surface area (Å²) in [5, 5.41) is 3.17. The molecule has 0 radical (unpaired) electrons. The molecule has 1 rings (SSSR count). The van der Waals surface area contributed by atoms with Gasteiger partial charge in [-0.1, -0.05) is 0 Å². The molecule has 1 nitrogen and oxygen atoms in total. The molecule has 0 fully saturated rings. The van der Waals surface area contributed by atoms with Gasteiger partial charge in [-0.15, -0.1) is 0 Å². The smallest absolute Gasteiger partial charge is 0.412 e. The fourth-order valence-electron chi connectivity index (χ4n) is 3.26. The second-order valence-electron chi connectivity index (χ2n) is 7.23. The van der Waals surface area contributed by atoms with E-state index in [1.165, 1.54) is 95.5 Å². The number of hydrogen-bond acceptors (Lipinski definition) is 0. The van der Waals surface area contributed by atoms with E-state index >= 15 is 0 Å². The van der Waals surface area contributed by atoms with Crippen molar-refractivity contribution in [3.8, 4) is 0 Å². The van der Waals surface area contributed by atoms with Gasteiger partial charge in [-0.3, -0.25) is 0 Å². The zero-order valence-corrected chi connectivity index (χ0v) is 18.8. The van der Waals surface area contributed by atoms with E-state index in [1.54, 1.807) is 10.4 Å². The van der Waals surface area contributed by atoms with Crippen LogP contribution in [0.25, 0.3) is 0 Å². The fourth-order valence-corrected chi connectivity index (χ4v) is 5.89. The van der Waals surface area contributed by atoms with Crippen LogP contribution in [0.15, 0.2) is 30.3 Å². The number of rotatable bonds is 17. The molecule has 146 valence electrons. The summed E-state index contributed by atoms with van der Waals surface area (Å²) in [5.41, 5.74) is 1.51. The molecule has 0 amide bonds. The van der Waals surface area contributed by atoms with E-state index in [4.69, 9.17) is 0 Å². The van der Waals surface area contributed by atoms with Crippen molar-refractivity contribution in [2.75, 3.05) is 0 Å². The Morgan fingerprint density at radius 1 is 0.600 bits per heavy atom. The second kappa shape index (κ2) is 20.1. The summed E-state index contributed by atoms with van der Waals surface area (Å²) in [6, 6.07) is 11.0. The van der Waals surface area contributed by atoms with E-state index in [2.05, 4.69) is 37.3 Å². The minimum absolute atomic E-state index is 0. The van der Waals surface area contributed by atoms with Gasteiger partial charge < -0.3 is 5.48 Å². The molecule has 0 bridgehead atoms. The minimum Gasteiger partial charge on any atom is -0.412 e. The van der Waals surface area contributed by atoms with Crippen LogP contribution in [0.2, 0.25) is 10.4 Å². The molecule has 0 aliphatic carbocycles. The average molecular weight is 411 g/mol. The van der Waals surface area contributed by atoms with Gasteiger partial charge in [-0.2, -0.15) is 0 Å². The molecular formula is C23H43AsO. The van der Waals surface area contributed by atoms with Crippen molar-refractivity contribution in [3.05, 3.63) is 35.9 Å². The Labute approximate surface area is 164 Å². The second-order valence-corrected chi connectivity index (χ2v) is 10.4. The third-order valence-corrected chi connectivity index (χ3v) is 7.84. The predicted molar refractivity (Wildman–Crippen MR) is 116 cm³/mol. The van der Waals surface area contributed by atoms with E-state index in [-0.39, 0.29) is 5.48 Å². The van der Waals surface area contributed by atoms with E-state index in [9.17, 15) is 0 Å². The zero-order chi connectivity index (χ0) is 17.1. The van der Waals surface area contributed by atoms with Gasteiger partial charge in [0.15, 0.2) is 0 Å². The largest absolute Gasteiger partial charge is 0.412 e. The Balaban J connectivity index is 0.00000576. The normalized spacial score (nSPS) is 11.1. The van der Waals surface area contributed by atoms with Gasteiger partial charge in [-0.25, -0.2) is 0 Å². The maximum atomic E-state index is 2.30. The number of benzene rings is 1. The van der Waals surface area contributed by atoms with Crippen molar-refractivity contribution < 1.29 is 5.48 Å². The van der Waals surface area contributed by atoms with Gasteiger partial charge in [0.25, 0.3) is 0 Å². The molecule has 0 aliphatic rings. The average Bonchev–Trinajstić information content (AvgIpc) is 2.62. The van der Waals surface area contributed by atoms with E-state index in [0.29, 0.717) is 15.8 Å². The topological polar surface area (TPSA) is 31.5 Å². The molecule has 1 aromatic carbocycles. The Bertz CT molecular complexity index is 352. The predicted octanol–water partition coefficient (Wildman–Crippen LogP) is 6.77. The Morgan fingerprint density at radius 3 is 1.64 bits per heavy atom. The molecule has 1 aromatic rings. The number of unbranched alkanes of at least 4 members (excludes halogenated alkanes) is 11. The van der Waals surface area contributed by atoms with Crippen LogP contribution in [0.1, 0.15) is 96.0 Å². The van der Waals surface area contributed by atoms with Crippen LogP contribution < -0.4 is 0 Å². The van der Waals surface area contributed by atoms with Crippen LogP contribution in [0.5, 0.6) is 0 Å². The monoisotopic (exact) mass is 410 g/mol. The molecule has 0 aliphatic heterocycles. The Kier molecular flexibility index (Phi) is 19.8.